The fraction of sp³-hybridized carbons (Fsp3) is 0.692. The number of fused-ring (bicyclic) bond motifs is 1. The van der Waals surface area contributed by atoms with E-state index in [1.165, 1.54) is 17.7 Å². The van der Waals surface area contributed by atoms with Crippen LogP contribution in [-0.2, 0) is 17.6 Å². The quantitative estimate of drug-likeness (QED) is 0.902. The third kappa shape index (κ3) is 3.91. The number of carbonyl (C=O) groups is 1. The fourth-order valence-corrected chi connectivity index (χ4v) is 3.22. The van der Waals surface area contributed by atoms with Crippen molar-refractivity contribution in [1.82, 2.24) is 4.98 Å². The maximum Gasteiger partial charge on any atom is 0.245 e. The van der Waals surface area contributed by atoms with Crippen LogP contribution < -0.4 is 11.1 Å². The molecule has 2 rings (SSSR count). The smallest absolute Gasteiger partial charge is 0.245 e. The Bertz CT molecular complexity index is 453. The average molecular weight is 304 g/mol. The number of thiazole rings is 1. The van der Waals surface area contributed by atoms with E-state index in [1.54, 1.807) is 25.2 Å². The molecule has 0 spiro atoms. The molecule has 3 N–H and O–H groups in total. The Balaban J connectivity index is 0.00000180. The van der Waals surface area contributed by atoms with Crippen molar-refractivity contribution in [2.24, 2.45) is 11.7 Å². The zero-order valence-electron chi connectivity index (χ0n) is 11.7. The topological polar surface area (TPSA) is 68.0 Å². The monoisotopic (exact) mass is 303 g/mol. The van der Waals surface area contributed by atoms with Gasteiger partial charge in [-0.05, 0) is 39.0 Å². The Labute approximate surface area is 124 Å². The third-order valence-electron chi connectivity index (χ3n) is 3.42. The summed E-state index contributed by atoms with van der Waals surface area (Å²) < 4.78 is 0. The van der Waals surface area contributed by atoms with Crippen LogP contribution in [0.1, 0.15) is 44.2 Å². The van der Waals surface area contributed by atoms with Crippen LogP contribution in [0.15, 0.2) is 0 Å². The molecule has 1 atom stereocenters. The highest BCUT2D eigenvalue weighted by Gasteiger charge is 2.25. The number of nitrogens with one attached hydrogen (secondary N) is 1. The van der Waals surface area contributed by atoms with Crippen molar-refractivity contribution in [3.8, 4) is 0 Å². The number of aryl methyl sites for hydroxylation is 1. The van der Waals surface area contributed by atoms with Gasteiger partial charge in [-0.25, -0.2) is 4.98 Å². The number of halogens is 1. The molecule has 1 aliphatic carbocycles. The molecule has 0 fully saturated rings. The van der Waals surface area contributed by atoms with Crippen LogP contribution in [0.4, 0.5) is 5.13 Å². The van der Waals surface area contributed by atoms with Crippen molar-refractivity contribution in [3.63, 3.8) is 0 Å². The van der Waals surface area contributed by atoms with Crippen molar-refractivity contribution < 1.29 is 4.79 Å². The molecule has 0 aromatic carbocycles. The number of carbonyl (C=O) groups excluding carboxylic acids is 1. The summed E-state index contributed by atoms with van der Waals surface area (Å²) in [5, 5.41) is 3.51. The fourth-order valence-electron chi connectivity index (χ4n) is 2.10. The summed E-state index contributed by atoms with van der Waals surface area (Å²) in [5.41, 5.74) is 6.06. The van der Waals surface area contributed by atoms with E-state index in [4.69, 9.17) is 5.73 Å². The average Bonchev–Trinajstić information content (AvgIpc) is 2.68. The maximum atomic E-state index is 11.8. The van der Waals surface area contributed by atoms with Gasteiger partial charge in [-0.3, -0.25) is 4.79 Å². The minimum absolute atomic E-state index is 0. The lowest BCUT2D eigenvalue weighted by molar-refractivity contribution is -0.120. The van der Waals surface area contributed by atoms with Gasteiger partial charge in [-0.1, -0.05) is 13.3 Å². The zero-order chi connectivity index (χ0) is 13.3. The summed E-state index contributed by atoms with van der Waals surface area (Å²) in [7, 11) is 0. The van der Waals surface area contributed by atoms with Gasteiger partial charge >= 0.3 is 0 Å². The Hall–Kier alpha value is -0.650. The normalized spacial score (nSPS) is 18.4. The molecular formula is C13H22ClN3OS. The number of rotatable bonds is 3. The van der Waals surface area contributed by atoms with E-state index in [-0.39, 0.29) is 18.3 Å². The number of amides is 1. The van der Waals surface area contributed by atoms with Crippen LogP contribution in [0.5, 0.6) is 0 Å². The molecule has 0 radical (unpaired) electrons. The maximum absolute atomic E-state index is 11.8. The first-order chi connectivity index (χ1) is 8.40. The number of hydrogen-bond donors (Lipinski definition) is 2. The first-order valence-electron chi connectivity index (χ1n) is 6.49. The summed E-state index contributed by atoms with van der Waals surface area (Å²) in [6.45, 7) is 5.63. The highest BCUT2D eigenvalue weighted by Crippen LogP contribution is 2.33. The van der Waals surface area contributed by atoms with E-state index >= 15 is 0 Å². The standard InChI is InChI=1S/C13H21N3OS.ClH/c1-4-8-5-6-9-10(7-8)18-12(15-9)16-11(17)13(2,3)14;/h8H,4-7,14H2,1-3H3,(H,15,16,17);1H. The van der Waals surface area contributed by atoms with E-state index in [0.29, 0.717) is 5.13 Å². The lowest BCUT2D eigenvalue weighted by Gasteiger charge is -2.18. The highest BCUT2D eigenvalue weighted by atomic mass is 35.5. The highest BCUT2D eigenvalue weighted by molar-refractivity contribution is 7.15. The van der Waals surface area contributed by atoms with Crippen LogP contribution in [0.25, 0.3) is 0 Å². The number of hydrogen-bond acceptors (Lipinski definition) is 4. The van der Waals surface area contributed by atoms with Gasteiger partial charge in [-0.2, -0.15) is 0 Å². The van der Waals surface area contributed by atoms with Crippen molar-refractivity contribution in [1.29, 1.82) is 0 Å². The van der Waals surface area contributed by atoms with Crippen LogP contribution in [0.3, 0.4) is 0 Å². The van der Waals surface area contributed by atoms with Gasteiger partial charge in [0.25, 0.3) is 0 Å². The molecule has 0 aliphatic heterocycles. The summed E-state index contributed by atoms with van der Waals surface area (Å²) in [6.07, 6.45) is 4.56. The van der Waals surface area contributed by atoms with Gasteiger partial charge in [0.1, 0.15) is 0 Å². The van der Waals surface area contributed by atoms with E-state index in [1.807, 2.05) is 0 Å². The number of aromatic nitrogens is 1. The molecule has 1 amide bonds. The number of nitrogens with zero attached hydrogens (tertiary/aromatic N) is 1. The SMILES string of the molecule is CCC1CCc2nc(NC(=O)C(C)(C)N)sc2C1.Cl. The van der Waals surface area contributed by atoms with Crippen molar-refractivity contribution in [3.05, 3.63) is 10.6 Å². The Morgan fingerprint density at radius 3 is 2.84 bits per heavy atom. The second-order valence-corrected chi connectivity index (χ2v) is 6.67. The van der Waals surface area contributed by atoms with Gasteiger partial charge < -0.3 is 11.1 Å². The second-order valence-electron chi connectivity index (χ2n) is 5.58. The molecule has 4 nitrogen and oxygen atoms in total. The van der Waals surface area contributed by atoms with Crippen LogP contribution in [0.2, 0.25) is 0 Å². The van der Waals surface area contributed by atoms with Crippen molar-refractivity contribution in [2.75, 3.05) is 5.32 Å². The molecule has 0 bridgehead atoms. The number of anilines is 1. The molecule has 19 heavy (non-hydrogen) atoms. The van der Waals surface area contributed by atoms with Crippen LogP contribution >= 0.6 is 23.7 Å². The van der Waals surface area contributed by atoms with E-state index in [0.717, 1.165) is 24.5 Å². The lowest BCUT2D eigenvalue weighted by atomic mass is 9.89. The van der Waals surface area contributed by atoms with Gasteiger partial charge in [0, 0.05) is 4.88 Å². The molecule has 108 valence electrons. The minimum Gasteiger partial charge on any atom is -0.318 e. The second kappa shape index (κ2) is 6.20. The predicted molar refractivity (Wildman–Crippen MR) is 82.1 cm³/mol. The van der Waals surface area contributed by atoms with Gasteiger partial charge in [-0.15, -0.1) is 23.7 Å². The molecule has 1 unspecified atom stereocenters. The van der Waals surface area contributed by atoms with Gasteiger partial charge in [0.15, 0.2) is 5.13 Å². The summed E-state index contributed by atoms with van der Waals surface area (Å²) in [6, 6.07) is 0. The van der Waals surface area contributed by atoms with Crippen LogP contribution in [-0.4, -0.2) is 16.4 Å². The third-order valence-corrected chi connectivity index (χ3v) is 4.46. The minimum atomic E-state index is -0.863. The summed E-state index contributed by atoms with van der Waals surface area (Å²) >= 11 is 1.60. The lowest BCUT2D eigenvalue weighted by Crippen LogP contribution is -2.45. The van der Waals surface area contributed by atoms with Gasteiger partial charge in [0.05, 0.1) is 11.2 Å². The van der Waals surface area contributed by atoms with Gasteiger partial charge in [0.2, 0.25) is 5.91 Å². The summed E-state index contributed by atoms with van der Waals surface area (Å²) in [5.74, 6) is 0.591. The zero-order valence-corrected chi connectivity index (χ0v) is 13.3. The van der Waals surface area contributed by atoms with Crippen LogP contribution in [0, 0.1) is 5.92 Å². The van der Waals surface area contributed by atoms with E-state index < -0.39 is 5.54 Å². The molecule has 1 heterocycles. The first-order valence-corrected chi connectivity index (χ1v) is 7.30. The summed E-state index contributed by atoms with van der Waals surface area (Å²) in [4.78, 5) is 17.6. The first kappa shape index (κ1) is 16.4. The Morgan fingerprint density at radius 2 is 2.26 bits per heavy atom. The predicted octanol–water partition coefficient (Wildman–Crippen LogP) is 2.76. The molecule has 0 saturated heterocycles. The van der Waals surface area contributed by atoms with Crippen molar-refractivity contribution in [2.45, 2.75) is 52.0 Å². The van der Waals surface area contributed by atoms with E-state index in [9.17, 15) is 4.79 Å². The number of nitrogens with two attached hydrogens (primary N) is 1. The largest absolute Gasteiger partial charge is 0.318 e. The molecule has 1 aromatic rings. The molecule has 0 saturated carbocycles. The van der Waals surface area contributed by atoms with Crippen molar-refractivity contribution >= 4 is 34.8 Å². The molecular weight excluding hydrogens is 282 g/mol. The Kier molecular flexibility index (Phi) is 5.35. The molecule has 1 aliphatic rings. The molecule has 6 heteroatoms. The Morgan fingerprint density at radius 1 is 1.58 bits per heavy atom. The molecule has 1 aromatic heterocycles. The van der Waals surface area contributed by atoms with E-state index in [2.05, 4.69) is 17.2 Å².